The third kappa shape index (κ3) is 0.782. The molecule has 4 rings (SSSR count). The first-order valence-corrected chi connectivity index (χ1v) is 5.09. The van der Waals surface area contributed by atoms with E-state index in [0.29, 0.717) is 12.1 Å². The van der Waals surface area contributed by atoms with Gasteiger partial charge >= 0.3 is 0 Å². The van der Waals surface area contributed by atoms with Crippen molar-refractivity contribution in [3.05, 3.63) is 0 Å². The molecule has 1 amide bonds. The Morgan fingerprint density at radius 1 is 0.917 bits per heavy atom. The fourth-order valence-corrected chi connectivity index (χ4v) is 3.74. The quantitative estimate of drug-likeness (QED) is 0.538. The van der Waals surface area contributed by atoms with Crippen molar-refractivity contribution < 1.29 is 4.79 Å². The van der Waals surface area contributed by atoms with Crippen LogP contribution in [-0.4, -0.2) is 23.4 Å². The second-order valence-electron chi connectivity index (χ2n) is 4.77. The summed E-state index contributed by atoms with van der Waals surface area (Å²) in [7, 11) is 0. The van der Waals surface area contributed by atoms with Gasteiger partial charge in [0.1, 0.15) is 0 Å². The molecule has 4 fully saturated rings. The molecule has 12 heavy (non-hydrogen) atoms. The van der Waals surface area contributed by atoms with Gasteiger partial charge in [0.2, 0.25) is 6.41 Å². The Morgan fingerprint density at radius 2 is 1.42 bits per heavy atom. The van der Waals surface area contributed by atoms with Crippen LogP contribution in [0.15, 0.2) is 0 Å². The van der Waals surface area contributed by atoms with E-state index in [1.807, 2.05) is 0 Å². The summed E-state index contributed by atoms with van der Waals surface area (Å²) < 4.78 is 0. The molecule has 0 radical (unpaired) electrons. The number of hydrogen-bond donors (Lipinski definition) is 0. The zero-order valence-electron chi connectivity index (χ0n) is 7.28. The normalized spacial score (nSPS) is 49.8. The van der Waals surface area contributed by atoms with E-state index in [2.05, 4.69) is 4.90 Å². The van der Waals surface area contributed by atoms with Gasteiger partial charge in [0.15, 0.2) is 0 Å². The molecule has 2 nitrogen and oxygen atoms in total. The maximum absolute atomic E-state index is 10.8. The van der Waals surface area contributed by atoms with Crippen molar-refractivity contribution in [2.45, 2.75) is 44.2 Å². The van der Waals surface area contributed by atoms with E-state index in [1.165, 1.54) is 32.1 Å². The molecule has 0 spiro atoms. The zero-order valence-corrected chi connectivity index (χ0v) is 7.28. The van der Waals surface area contributed by atoms with Gasteiger partial charge < -0.3 is 4.90 Å². The van der Waals surface area contributed by atoms with E-state index in [4.69, 9.17) is 0 Å². The minimum absolute atomic E-state index is 0.624. The largest absolute Gasteiger partial charge is 0.339 e. The number of carbonyl (C=O) groups is 1. The Kier molecular flexibility index (Phi) is 1.29. The monoisotopic (exact) mass is 165 g/mol. The highest BCUT2D eigenvalue weighted by Gasteiger charge is 2.46. The number of piperidine rings is 2. The van der Waals surface area contributed by atoms with Gasteiger partial charge in [0.05, 0.1) is 0 Å². The molecule has 2 aliphatic heterocycles. The topological polar surface area (TPSA) is 20.3 Å². The molecule has 0 aromatic rings. The predicted molar refractivity (Wildman–Crippen MR) is 45.5 cm³/mol. The second kappa shape index (κ2) is 2.24. The lowest BCUT2D eigenvalue weighted by Gasteiger charge is -2.55. The molecule has 4 aliphatic rings. The minimum Gasteiger partial charge on any atom is -0.339 e. The smallest absolute Gasteiger partial charge is 0.210 e. The Labute approximate surface area is 72.9 Å². The van der Waals surface area contributed by atoms with Crippen molar-refractivity contribution in [1.82, 2.24) is 4.90 Å². The van der Waals surface area contributed by atoms with Crippen LogP contribution in [0.4, 0.5) is 0 Å². The van der Waals surface area contributed by atoms with Crippen LogP contribution >= 0.6 is 0 Å². The first kappa shape index (κ1) is 6.93. The number of rotatable bonds is 1. The molecule has 0 aromatic heterocycles. The highest BCUT2D eigenvalue weighted by Crippen LogP contribution is 2.48. The Balaban J connectivity index is 1.90. The van der Waals surface area contributed by atoms with Gasteiger partial charge in [-0.3, -0.25) is 4.79 Å². The summed E-state index contributed by atoms with van der Waals surface area (Å²) in [6.45, 7) is 0. The molecular weight excluding hydrogens is 150 g/mol. The molecule has 2 aliphatic carbocycles. The lowest BCUT2D eigenvalue weighted by atomic mass is 9.64. The SMILES string of the molecule is O=CN1C2CC3CC(C2)CC1C3. The van der Waals surface area contributed by atoms with Gasteiger partial charge in [-0.2, -0.15) is 0 Å². The first-order valence-electron chi connectivity index (χ1n) is 5.09. The molecule has 4 bridgehead atoms. The van der Waals surface area contributed by atoms with Crippen molar-refractivity contribution in [2.75, 3.05) is 0 Å². The summed E-state index contributed by atoms with van der Waals surface area (Å²) >= 11 is 0. The van der Waals surface area contributed by atoms with Crippen molar-refractivity contribution in [3.8, 4) is 0 Å². The first-order chi connectivity index (χ1) is 5.86. The second-order valence-corrected chi connectivity index (χ2v) is 4.77. The van der Waals surface area contributed by atoms with Crippen molar-refractivity contribution in [3.63, 3.8) is 0 Å². The van der Waals surface area contributed by atoms with Gasteiger partial charge in [0, 0.05) is 12.1 Å². The highest BCUT2D eigenvalue weighted by molar-refractivity contribution is 5.49. The molecule has 0 N–H and O–H groups in total. The molecule has 2 saturated carbocycles. The average Bonchev–Trinajstić information content (AvgIpc) is 2.02. The third-order valence-electron chi connectivity index (χ3n) is 4.05. The summed E-state index contributed by atoms with van der Waals surface area (Å²) in [5.74, 6) is 1.92. The van der Waals surface area contributed by atoms with Crippen LogP contribution < -0.4 is 0 Å². The van der Waals surface area contributed by atoms with E-state index in [9.17, 15) is 4.79 Å². The van der Waals surface area contributed by atoms with E-state index in [1.54, 1.807) is 0 Å². The van der Waals surface area contributed by atoms with Crippen molar-refractivity contribution in [1.29, 1.82) is 0 Å². The molecule has 0 unspecified atom stereocenters. The minimum atomic E-state index is 0.624. The van der Waals surface area contributed by atoms with Gasteiger partial charge in [0.25, 0.3) is 0 Å². The summed E-state index contributed by atoms with van der Waals surface area (Å²) in [5, 5.41) is 0. The Hall–Kier alpha value is -0.530. The fraction of sp³-hybridized carbons (Fsp3) is 0.900. The van der Waals surface area contributed by atoms with Crippen LogP contribution in [0.1, 0.15) is 32.1 Å². The fourth-order valence-electron chi connectivity index (χ4n) is 3.74. The standard InChI is InChI=1S/C10H15NO/c12-6-11-9-2-7-1-8(4-9)5-10(11)3-7/h6-10H,1-5H2. The number of hydrogen-bond acceptors (Lipinski definition) is 1. The van der Waals surface area contributed by atoms with E-state index >= 15 is 0 Å². The summed E-state index contributed by atoms with van der Waals surface area (Å²) in [5.41, 5.74) is 0. The lowest BCUT2D eigenvalue weighted by molar-refractivity contribution is -0.135. The Bertz CT molecular complexity index is 186. The van der Waals surface area contributed by atoms with Gasteiger partial charge in [-0.25, -0.2) is 0 Å². The van der Waals surface area contributed by atoms with Crippen molar-refractivity contribution in [2.24, 2.45) is 11.8 Å². The van der Waals surface area contributed by atoms with Gasteiger partial charge in [-0.1, -0.05) is 0 Å². The molecule has 0 atom stereocenters. The summed E-state index contributed by atoms with van der Waals surface area (Å²) in [6, 6.07) is 1.25. The predicted octanol–water partition coefficient (Wildman–Crippen LogP) is 1.41. The average molecular weight is 165 g/mol. The van der Waals surface area contributed by atoms with Gasteiger partial charge in [-0.15, -0.1) is 0 Å². The van der Waals surface area contributed by atoms with E-state index in [0.717, 1.165) is 18.2 Å². The third-order valence-corrected chi connectivity index (χ3v) is 4.05. The van der Waals surface area contributed by atoms with E-state index in [-0.39, 0.29) is 0 Å². The van der Waals surface area contributed by atoms with Crippen LogP contribution in [0.5, 0.6) is 0 Å². The van der Waals surface area contributed by atoms with Crippen LogP contribution in [0.3, 0.4) is 0 Å². The highest BCUT2D eigenvalue weighted by atomic mass is 16.1. The molecule has 2 heterocycles. The lowest BCUT2D eigenvalue weighted by Crippen LogP contribution is -2.57. The summed E-state index contributed by atoms with van der Waals surface area (Å²) in [4.78, 5) is 12.9. The summed E-state index contributed by atoms with van der Waals surface area (Å²) in [6.07, 6.45) is 7.74. The van der Waals surface area contributed by atoms with Crippen molar-refractivity contribution >= 4 is 6.41 Å². The van der Waals surface area contributed by atoms with Crippen LogP contribution in [-0.2, 0) is 4.79 Å². The zero-order chi connectivity index (χ0) is 8.13. The van der Waals surface area contributed by atoms with Crippen LogP contribution in [0, 0.1) is 11.8 Å². The molecule has 2 heteroatoms. The van der Waals surface area contributed by atoms with Crippen LogP contribution in [0.2, 0.25) is 0 Å². The molecule has 0 aromatic carbocycles. The number of nitrogens with zero attached hydrogens (tertiary/aromatic N) is 1. The number of carbonyl (C=O) groups excluding carboxylic acids is 1. The maximum atomic E-state index is 10.8. The Morgan fingerprint density at radius 3 is 1.83 bits per heavy atom. The molecular formula is C10H15NO. The maximum Gasteiger partial charge on any atom is 0.210 e. The van der Waals surface area contributed by atoms with Gasteiger partial charge in [-0.05, 0) is 43.9 Å². The van der Waals surface area contributed by atoms with Crippen LogP contribution in [0.25, 0.3) is 0 Å². The molecule has 2 saturated heterocycles. The number of amides is 1. The molecule has 66 valence electrons. The van der Waals surface area contributed by atoms with E-state index < -0.39 is 0 Å².